The molecule has 1 aliphatic heterocycles. The lowest BCUT2D eigenvalue weighted by atomic mass is 9.81. The first kappa shape index (κ1) is 13.4. The second-order valence-corrected chi connectivity index (χ2v) is 6.00. The van der Waals surface area contributed by atoms with Gasteiger partial charge in [-0.05, 0) is 35.9 Å². The largest absolute Gasteiger partial charge is 0.299 e. The molecule has 1 nitrogen and oxygen atoms in total. The smallest absolute Gasteiger partial charge is 0.0233 e. The fourth-order valence-corrected chi connectivity index (χ4v) is 3.41. The summed E-state index contributed by atoms with van der Waals surface area (Å²) < 4.78 is 0. The molecule has 2 atom stereocenters. The third-order valence-corrected chi connectivity index (χ3v) is 4.47. The molecule has 20 heavy (non-hydrogen) atoms. The van der Waals surface area contributed by atoms with Gasteiger partial charge >= 0.3 is 0 Å². The van der Waals surface area contributed by atoms with E-state index in [-0.39, 0.29) is 0 Å². The summed E-state index contributed by atoms with van der Waals surface area (Å²) in [6.45, 7) is 5.90. The lowest BCUT2D eigenvalue weighted by Gasteiger charge is -2.37. The van der Waals surface area contributed by atoms with Crippen LogP contribution in [-0.4, -0.2) is 18.0 Å². The Morgan fingerprint density at radius 1 is 0.950 bits per heavy atom. The van der Waals surface area contributed by atoms with Gasteiger partial charge < -0.3 is 0 Å². The summed E-state index contributed by atoms with van der Waals surface area (Å²) in [6.07, 6.45) is 1.28. The van der Waals surface area contributed by atoms with Crippen LogP contribution in [0.5, 0.6) is 0 Å². The fourth-order valence-electron chi connectivity index (χ4n) is 3.41. The van der Waals surface area contributed by atoms with Crippen LogP contribution in [0.3, 0.4) is 0 Å². The summed E-state index contributed by atoms with van der Waals surface area (Å²) in [7, 11) is 0. The molecule has 1 fully saturated rings. The molecule has 2 aromatic carbocycles. The van der Waals surface area contributed by atoms with Gasteiger partial charge in [-0.3, -0.25) is 4.90 Å². The Kier molecular flexibility index (Phi) is 4.17. The molecule has 1 saturated heterocycles. The predicted molar refractivity (Wildman–Crippen MR) is 84.7 cm³/mol. The maximum absolute atomic E-state index is 2.60. The molecule has 2 aromatic rings. The molecule has 0 N–H and O–H groups in total. The predicted octanol–water partition coefficient (Wildman–Crippen LogP) is 4.31. The second-order valence-electron chi connectivity index (χ2n) is 6.00. The maximum atomic E-state index is 2.60. The summed E-state index contributed by atoms with van der Waals surface area (Å²) in [5, 5.41) is 0. The Morgan fingerprint density at radius 2 is 1.60 bits per heavy atom. The maximum Gasteiger partial charge on any atom is 0.0233 e. The Balaban J connectivity index is 1.62. The van der Waals surface area contributed by atoms with Crippen molar-refractivity contribution in [1.29, 1.82) is 0 Å². The van der Waals surface area contributed by atoms with Crippen LogP contribution in [0.15, 0.2) is 60.7 Å². The third-order valence-electron chi connectivity index (χ3n) is 4.47. The zero-order chi connectivity index (χ0) is 13.8. The molecule has 0 spiro atoms. The van der Waals surface area contributed by atoms with E-state index in [0.717, 1.165) is 18.4 Å². The summed E-state index contributed by atoms with van der Waals surface area (Å²) in [5.41, 5.74) is 2.94. The summed E-state index contributed by atoms with van der Waals surface area (Å²) in [6, 6.07) is 21.8. The van der Waals surface area contributed by atoms with Gasteiger partial charge in [0.2, 0.25) is 0 Å². The number of piperidine rings is 1. The number of nitrogens with zero attached hydrogens (tertiary/aromatic N) is 1. The first-order valence-electron chi connectivity index (χ1n) is 7.64. The van der Waals surface area contributed by atoms with E-state index in [4.69, 9.17) is 0 Å². The van der Waals surface area contributed by atoms with Gasteiger partial charge in [0.25, 0.3) is 0 Å². The molecule has 0 amide bonds. The Labute approximate surface area is 122 Å². The number of hydrogen-bond donors (Lipinski definition) is 0. The summed E-state index contributed by atoms with van der Waals surface area (Å²) in [4.78, 5) is 2.60. The van der Waals surface area contributed by atoms with Crippen molar-refractivity contribution in [1.82, 2.24) is 4.90 Å². The molecular weight excluding hydrogens is 242 g/mol. The van der Waals surface area contributed by atoms with Crippen LogP contribution >= 0.6 is 0 Å². The van der Waals surface area contributed by atoms with E-state index in [1.807, 2.05) is 0 Å². The van der Waals surface area contributed by atoms with Crippen LogP contribution in [0.2, 0.25) is 0 Å². The molecule has 1 aliphatic rings. The highest BCUT2D eigenvalue weighted by molar-refractivity contribution is 5.21. The number of benzene rings is 2. The molecule has 0 unspecified atom stereocenters. The lowest BCUT2D eigenvalue weighted by molar-refractivity contribution is 0.156. The van der Waals surface area contributed by atoms with Gasteiger partial charge in [0.15, 0.2) is 0 Å². The first-order valence-corrected chi connectivity index (χ1v) is 7.64. The molecule has 0 saturated carbocycles. The quantitative estimate of drug-likeness (QED) is 0.799. The molecule has 0 aromatic heterocycles. The van der Waals surface area contributed by atoms with Crippen molar-refractivity contribution in [3.05, 3.63) is 71.8 Å². The van der Waals surface area contributed by atoms with Crippen molar-refractivity contribution in [3.8, 4) is 0 Å². The van der Waals surface area contributed by atoms with Gasteiger partial charge in [0.05, 0.1) is 0 Å². The minimum Gasteiger partial charge on any atom is -0.299 e. The molecule has 104 valence electrons. The van der Waals surface area contributed by atoms with Crippen LogP contribution in [0.1, 0.15) is 30.4 Å². The zero-order valence-electron chi connectivity index (χ0n) is 12.2. The van der Waals surface area contributed by atoms with E-state index in [2.05, 4.69) is 72.5 Å². The fraction of sp³-hybridized carbons (Fsp3) is 0.368. The second kappa shape index (κ2) is 6.23. The number of hydrogen-bond acceptors (Lipinski definition) is 1. The van der Waals surface area contributed by atoms with E-state index in [0.29, 0.717) is 0 Å². The standard InChI is InChI=1S/C19H23N/c1-16-14-20(15-17-8-4-2-5-9-17)13-12-19(16)18-10-6-3-7-11-18/h2-11,16,19H,12-15H2,1H3/t16-,19+/m0/s1. The minimum absolute atomic E-state index is 0.725. The highest BCUT2D eigenvalue weighted by atomic mass is 15.1. The van der Waals surface area contributed by atoms with E-state index >= 15 is 0 Å². The van der Waals surface area contributed by atoms with Gasteiger partial charge in [-0.15, -0.1) is 0 Å². The van der Waals surface area contributed by atoms with Gasteiger partial charge in [0, 0.05) is 13.1 Å². The summed E-state index contributed by atoms with van der Waals surface area (Å²) in [5.74, 6) is 1.46. The van der Waals surface area contributed by atoms with Crippen LogP contribution in [0.4, 0.5) is 0 Å². The van der Waals surface area contributed by atoms with Crippen molar-refractivity contribution in [2.45, 2.75) is 25.8 Å². The Morgan fingerprint density at radius 3 is 2.25 bits per heavy atom. The number of likely N-dealkylation sites (tertiary alicyclic amines) is 1. The van der Waals surface area contributed by atoms with Gasteiger partial charge in [-0.1, -0.05) is 67.6 Å². The van der Waals surface area contributed by atoms with E-state index < -0.39 is 0 Å². The average molecular weight is 265 g/mol. The molecule has 0 radical (unpaired) electrons. The van der Waals surface area contributed by atoms with Crippen molar-refractivity contribution in [2.24, 2.45) is 5.92 Å². The van der Waals surface area contributed by atoms with Gasteiger partial charge in [-0.25, -0.2) is 0 Å². The number of rotatable bonds is 3. The van der Waals surface area contributed by atoms with Crippen molar-refractivity contribution >= 4 is 0 Å². The monoisotopic (exact) mass is 265 g/mol. The van der Waals surface area contributed by atoms with Crippen LogP contribution in [0, 0.1) is 5.92 Å². The van der Waals surface area contributed by atoms with E-state index in [1.165, 1.54) is 30.6 Å². The first-order chi connectivity index (χ1) is 9.83. The van der Waals surface area contributed by atoms with Crippen molar-refractivity contribution in [2.75, 3.05) is 13.1 Å². The third kappa shape index (κ3) is 3.10. The molecule has 0 bridgehead atoms. The Hall–Kier alpha value is -1.60. The van der Waals surface area contributed by atoms with Crippen molar-refractivity contribution in [3.63, 3.8) is 0 Å². The van der Waals surface area contributed by atoms with Crippen LogP contribution in [-0.2, 0) is 6.54 Å². The lowest BCUT2D eigenvalue weighted by Crippen LogP contribution is -2.37. The molecular formula is C19H23N. The molecule has 1 heteroatoms. The SMILES string of the molecule is C[C@H]1CN(Cc2ccccc2)CC[C@H]1c1ccccc1. The van der Waals surface area contributed by atoms with Gasteiger partial charge in [-0.2, -0.15) is 0 Å². The molecule has 1 heterocycles. The zero-order valence-corrected chi connectivity index (χ0v) is 12.2. The molecule has 0 aliphatic carbocycles. The highest BCUT2D eigenvalue weighted by Crippen LogP contribution is 2.33. The Bertz CT molecular complexity index is 520. The van der Waals surface area contributed by atoms with E-state index in [1.54, 1.807) is 0 Å². The average Bonchev–Trinajstić information content (AvgIpc) is 2.49. The van der Waals surface area contributed by atoms with Crippen LogP contribution < -0.4 is 0 Å². The highest BCUT2D eigenvalue weighted by Gasteiger charge is 2.26. The minimum atomic E-state index is 0.725. The topological polar surface area (TPSA) is 3.24 Å². The van der Waals surface area contributed by atoms with Crippen molar-refractivity contribution < 1.29 is 0 Å². The normalized spacial score (nSPS) is 23.6. The van der Waals surface area contributed by atoms with Crippen LogP contribution in [0.25, 0.3) is 0 Å². The van der Waals surface area contributed by atoms with Gasteiger partial charge in [0.1, 0.15) is 0 Å². The summed E-state index contributed by atoms with van der Waals surface area (Å²) >= 11 is 0. The molecule has 3 rings (SSSR count). The van der Waals surface area contributed by atoms with E-state index in [9.17, 15) is 0 Å².